The summed E-state index contributed by atoms with van der Waals surface area (Å²) in [6.07, 6.45) is 3.39. The summed E-state index contributed by atoms with van der Waals surface area (Å²) in [5, 5.41) is 3.96. The maximum atomic E-state index is 5.33. The van der Waals surface area contributed by atoms with E-state index in [4.69, 9.17) is 14.0 Å². The highest BCUT2D eigenvalue weighted by molar-refractivity contribution is 5.62. The second kappa shape index (κ2) is 4.34. The predicted octanol–water partition coefficient (Wildman–Crippen LogP) is 2.53. The largest absolute Gasteiger partial charge is 0.454 e. The molecule has 3 aromatic rings. The van der Waals surface area contributed by atoms with E-state index in [9.17, 15) is 0 Å². The molecule has 0 unspecified atom stereocenters. The molecule has 0 spiro atoms. The van der Waals surface area contributed by atoms with Gasteiger partial charge in [-0.1, -0.05) is 5.16 Å². The van der Waals surface area contributed by atoms with Crippen LogP contribution in [0.15, 0.2) is 47.2 Å². The molecule has 20 heavy (non-hydrogen) atoms. The van der Waals surface area contributed by atoms with Crippen molar-refractivity contribution in [1.29, 1.82) is 0 Å². The van der Waals surface area contributed by atoms with Crippen LogP contribution in [0.25, 0.3) is 22.8 Å². The Labute approximate surface area is 114 Å². The third-order valence-corrected chi connectivity index (χ3v) is 2.97. The van der Waals surface area contributed by atoms with Crippen LogP contribution in [-0.2, 0) is 0 Å². The number of hydrogen-bond donors (Lipinski definition) is 0. The van der Waals surface area contributed by atoms with Gasteiger partial charge in [0, 0.05) is 23.5 Å². The molecule has 3 heterocycles. The van der Waals surface area contributed by atoms with Gasteiger partial charge < -0.3 is 14.0 Å². The molecule has 0 radical (unpaired) electrons. The first-order valence-electron chi connectivity index (χ1n) is 6.04. The second-order valence-electron chi connectivity index (χ2n) is 4.23. The van der Waals surface area contributed by atoms with E-state index in [-0.39, 0.29) is 6.79 Å². The molecule has 0 saturated carbocycles. The normalized spacial score (nSPS) is 12.6. The molecule has 1 aromatic carbocycles. The summed E-state index contributed by atoms with van der Waals surface area (Å²) in [7, 11) is 0. The quantitative estimate of drug-likeness (QED) is 0.710. The molecule has 0 amide bonds. The first kappa shape index (κ1) is 11.0. The lowest BCUT2D eigenvalue weighted by atomic mass is 10.2. The molecule has 0 aliphatic carbocycles. The predicted molar refractivity (Wildman–Crippen MR) is 69.1 cm³/mol. The number of fused-ring (bicyclic) bond motifs is 1. The highest BCUT2D eigenvalue weighted by Gasteiger charge is 2.17. The molecular formula is C14H9N3O3. The molecule has 4 rings (SSSR count). The maximum absolute atomic E-state index is 5.33. The van der Waals surface area contributed by atoms with E-state index in [0.29, 0.717) is 17.5 Å². The summed E-state index contributed by atoms with van der Waals surface area (Å²) in [5.74, 6) is 2.34. The second-order valence-corrected chi connectivity index (χ2v) is 4.23. The monoisotopic (exact) mass is 267 g/mol. The van der Waals surface area contributed by atoms with Crippen molar-refractivity contribution in [3.05, 3.63) is 42.7 Å². The Kier molecular flexibility index (Phi) is 2.38. The van der Waals surface area contributed by atoms with Crippen molar-refractivity contribution in [3.8, 4) is 34.3 Å². The molecule has 1 aliphatic heterocycles. The van der Waals surface area contributed by atoms with Gasteiger partial charge in [0.1, 0.15) is 0 Å². The minimum atomic E-state index is 0.240. The molecule has 0 saturated heterocycles. The van der Waals surface area contributed by atoms with E-state index in [0.717, 1.165) is 16.9 Å². The third-order valence-electron chi connectivity index (χ3n) is 2.97. The minimum absolute atomic E-state index is 0.240. The van der Waals surface area contributed by atoms with Crippen LogP contribution in [0.1, 0.15) is 0 Å². The van der Waals surface area contributed by atoms with Gasteiger partial charge in [-0.25, -0.2) is 0 Å². The zero-order chi connectivity index (χ0) is 13.4. The van der Waals surface area contributed by atoms with Gasteiger partial charge in [0.05, 0.1) is 0 Å². The molecule has 0 fully saturated rings. The highest BCUT2D eigenvalue weighted by atomic mass is 16.7. The Morgan fingerprint density at radius 2 is 1.95 bits per heavy atom. The van der Waals surface area contributed by atoms with Gasteiger partial charge in [0.15, 0.2) is 11.5 Å². The molecule has 98 valence electrons. The fourth-order valence-corrected chi connectivity index (χ4v) is 1.98. The molecular weight excluding hydrogens is 258 g/mol. The van der Waals surface area contributed by atoms with Crippen molar-refractivity contribution in [2.75, 3.05) is 6.79 Å². The van der Waals surface area contributed by atoms with Crippen molar-refractivity contribution in [2.45, 2.75) is 0 Å². The van der Waals surface area contributed by atoms with Crippen LogP contribution in [0.3, 0.4) is 0 Å². The van der Waals surface area contributed by atoms with Gasteiger partial charge in [0.25, 0.3) is 5.89 Å². The fraction of sp³-hybridized carbons (Fsp3) is 0.0714. The molecule has 6 nitrogen and oxygen atoms in total. The van der Waals surface area contributed by atoms with Crippen molar-refractivity contribution in [2.24, 2.45) is 0 Å². The number of benzene rings is 1. The fourth-order valence-electron chi connectivity index (χ4n) is 1.98. The van der Waals surface area contributed by atoms with Crippen LogP contribution in [0.5, 0.6) is 11.5 Å². The lowest BCUT2D eigenvalue weighted by Gasteiger charge is -1.97. The molecule has 6 heteroatoms. The summed E-state index contributed by atoms with van der Waals surface area (Å²) >= 11 is 0. The molecule has 1 aliphatic rings. The minimum Gasteiger partial charge on any atom is -0.454 e. The topological polar surface area (TPSA) is 70.3 Å². The number of rotatable bonds is 2. The first-order chi connectivity index (χ1) is 9.90. The third kappa shape index (κ3) is 1.78. The van der Waals surface area contributed by atoms with Crippen LogP contribution in [0.4, 0.5) is 0 Å². The smallest absolute Gasteiger partial charge is 0.258 e. The molecule has 0 atom stereocenters. The van der Waals surface area contributed by atoms with Crippen molar-refractivity contribution in [3.63, 3.8) is 0 Å². The highest BCUT2D eigenvalue weighted by Crippen LogP contribution is 2.35. The summed E-state index contributed by atoms with van der Waals surface area (Å²) in [6.45, 7) is 0.240. The van der Waals surface area contributed by atoms with Gasteiger partial charge in [-0.3, -0.25) is 4.98 Å². The van der Waals surface area contributed by atoms with Gasteiger partial charge in [-0.2, -0.15) is 4.98 Å². The van der Waals surface area contributed by atoms with Gasteiger partial charge >= 0.3 is 0 Å². The summed E-state index contributed by atoms with van der Waals surface area (Å²) in [4.78, 5) is 8.39. The van der Waals surface area contributed by atoms with Gasteiger partial charge in [0.2, 0.25) is 12.6 Å². The van der Waals surface area contributed by atoms with E-state index in [1.165, 1.54) is 0 Å². The Morgan fingerprint density at radius 3 is 2.85 bits per heavy atom. The number of nitrogens with zero attached hydrogens (tertiary/aromatic N) is 3. The number of hydrogen-bond acceptors (Lipinski definition) is 6. The van der Waals surface area contributed by atoms with E-state index in [1.54, 1.807) is 12.4 Å². The Balaban J connectivity index is 1.72. The average molecular weight is 267 g/mol. The Morgan fingerprint density at radius 1 is 1.00 bits per heavy atom. The Hall–Kier alpha value is -2.89. The number of aromatic nitrogens is 3. The van der Waals surface area contributed by atoms with Crippen molar-refractivity contribution in [1.82, 2.24) is 15.1 Å². The van der Waals surface area contributed by atoms with Crippen LogP contribution in [0.2, 0.25) is 0 Å². The standard InChI is InChI=1S/C14H9N3O3/c1-2-10(7-15-5-1)13-16-14(20-17-13)9-3-4-11-12(6-9)19-8-18-11/h1-7H,8H2. The molecule has 0 N–H and O–H groups in total. The number of ether oxygens (including phenoxy) is 2. The molecule has 2 aromatic heterocycles. The number of pyridine rings is 1. The zero-order valence-corrected chi connectivity index (χ0v) is 10.3. The first-order valence-corrected chi connectivity index (χ1v) is 6.04. The lowest BCUT2D eigenvalue weighted by Crippen LogP contribution is -1.92. The zero-order valence-electron chi connectivity index (χ0n) is 10.3. The van der Waals surface area contributed by atoms with Crippen molar-refractivity contribution < 1.29 is 14.0 Å². The van der Waals surface area contributed by atoms with Crippen LogP contribution >= 0.6 is 0 Å². The van der Waals surface area contributed by atoms with Crippen LogP contribution in [0, 0.1) is 0 Å². The van der Waals surface area contributed by atoms with Crippen LogP contribution in [-0.4, -0.2) is 21.9 Å². The van der Waals surface area contributed by atoms with E-state index in [2.05, 4.69) is 15.1 Å². The van der Waals surface area contributed by atoms with Crippen molar-refractivity contribution >= 4 is 0 Å². The average Bonchev–Trinajstić information content (AvgIpc) is 3.16. The lowest BCUT2D eigenvalue weighted by molar-refractivity contribution is 0.174. The van der Waals surface area contributed by atoms with E-state index < -0.39 is 0 Å². The van der Waals surface area contributed by atoms with Crippen LogP contribution < -0.4 is 9.47 Å². The SMILES string of the molecule is c1cncc(-c2noc(-c3ccc4c(c3)OCO4)n2)c1. The summed E-state index contributed by atoms with van der Waals surface area (Å²) in [6, 6.07) is 9.20. The van der Waals surface area contributed by atoms with E-state index in [1.807, 2.05) is 30.3 Å². The van der Waals surface area contributed by atoms with Gasteiger partial charge in [-0.15, -0.1) is 0 Å². The Bertz CT molecular complexity index is 755. The summed E-state index contributed by atoms with van der Waals surface area (Å²) in [5.41, 5.74) is 1.60. The van der Waals surface area contributed by atoms with E-state index >= 15 is 0 Å². The van der Waals surface area contributed by atoms with Gasteiger partial charge in [-0.05, 0) is 30.3 Å². The summed E-state index contributed by atoms with van der Waals surface area (Å²) < 4.78 is 15.9. The molecule has 0 bridgehead atoms. The maximum Gasteiger partial charge on any atom is 0.258 e.